The van der Waals surface area contributed by atoms with Gasteiger partial charge in [0, 0.05) is 31.1 Å². The Labute approximate surface area is 171 Å². The maximum Gasteiger partial charge on any atom is 0.230 e. The van der Waals surface area contributed by atoms with E-state index in [4.69, 9.17) is 4.74 Å². The summed E-state index contributed by atoms with van der Waals surface area (Å²) in [7, 11) is 0. The van der Waals surface area contributed by atoms with Gasteiger partial charge in [-0.05, 0) is 37.1 Å². The lowest BCUT2D eigenvalue weighted by Crippen LogP contribution is -2.32. The van der Waals surface area contributed by atoms with E-state index in [-0.39, 0.29) is 17.8 Å². The molecule has 0 spiro atoms. The van der Waals surface area contributed by atoms with E-state index in [1.807, 2.05) is 6.07 Å². The zero-order valence-corrected chi connectivity index (χ0v) is 16.4. The largest absolute Gasteiger partial charge is 0.376 e. The lowest BCUT2D eigenvalue weighted by molar-refractivity contribution is -0.119. The highest BCUT2D eigenvalue weighted by atomic mass is 32.2. The SMILES string of the molecule is O=C(CSc1nnc(-c2cccnc2)n1-c1ccccc1F)NC[C@@H]1CCCO1. The number of aromatic nitrogens is 4. The lowest BCUT2D eigenvalue weighted by atomic mass is 10.2. The summed E-state index contributed by atoms with van der Waals surface area (Å²) in [6, 6.07) is 10.0. The van der Waals surface area contributed by atoms with Gasteiger partial charge in [-0.1, -0.05) is 23.9 Å². The number of nitrogens with one attached hydrogen (secondary N) is 1. The van der Waals surface area contributed by atoms with Gasteiger partial charge in [0.1, 0.15) is 5.82 Å². The Morgan fingerprint density at radius 3 is 2.93 bits per heavy atom. The van der Waals surface area contributed by atoms with E-state index in [0.717, 1.165) is 19.4 Å². The Morgan fingerprint density at radius 1 is 1.28 bits per heavy atom. The van der Waals surface area contributed by atoms with Crippen molar-refractivity contribution in [2.75, 3.05) is 18.9 Å². The van der Waals surface area contributed by atoms with Crippen LogP contribution in [-0.4, -0.2) is 50.7 Å². The van der Waals surface area contributed by atoms with Crippen LogP contribution in [0.3, 0.4) is 0 Å². The van der Waals surface area contributed by atoms with Gasteiger partial charge in [0.2, 0.25) is 5.91 Å². The van der Waals surface area contributed by atoms with Crippen molar-refractivity contribution in [3.05, 3.63) is 54.6 Å². The van der Waals surface area contributed by atoms with Gasteiger partial charge in [-0.15, -0.1) is 10.2 Å². The number of hydrogen-bond acceptors (Lipinski definition) is 6. The first-order valence-corrected chi connectivity index (χ1v) is 10.3. The fraction of sp³-hybridized carbons (Fsp3) is 0.300. The van der Waals surface area contributed by atoms with Crippen molar-refractivity contribution in [3.63, 3.8) is 0 Å². The number of para-hydroxylation sites is 1. The minimum Gasteiger partial charge on any atom is -0.376 e. The highest BCUT2D eigenvalue weighted by Crippen LogP contribution is 2.28. The van der Waals surface area contributed by atoms with Gasteiger partial charge in [-0.3, -0.25) is 14.3 Å². The third-order valence-electron chi connectivity index (χ3n) is 4.53. The van der Waals surface area contributed by atoms with Crippen molar-refractivity contribution in [1.82, 2.24) is 25.1 Å². The van der Waals surface area contributed by atoms with Crippen LogP contribution < -0.4 is 5.32 Å². The molecule has 0 bridgehead atoms. The number of ether oxygens (including phenoxy) is 1. The van der Waals surface area contributed by atoms with Gasteiger partial charge >= 0.3 is 0 Å². The molecule has 7 nitrogen and oxygen atoms in total. The summed E-state index contributed by atoms with van der Waals surface area (Å²) >= 11 is 1.21. The fourth-order valence-corrected chi connectivity index (χ4v) is 3.88. The summed E-state index contributed by atoms with van der Waals surface area (Å²) in [6.45, 7) is 1.25. The van der Waals surface area contributed by atoms with Gasteiger partial charge < -0.3 is 10.1 Å². The first kappa shape index (κ1) is 19.5. The number of carbonyl (C=O) groups excluding carboxylic acids is 1. The molecule has 1 amide bonds. The molecule has 1 aromatic carbocycles. The molecular weight excluding hydrogens is 393 g/mol. The summed E-state index contributed by atoms with van der Waals surface area (Å²) < 4.78 is 21.7. The Kier molecular flexibility index (Phi) is 6.16. The van der Waals surface area contributed by atoms with Crippen molar-refractivity contribution in [1.29, 1.82) is 0 Å². The van der Waals surface area contributed by atoms with E-state index >= 15 is 0 Å². The predicted octanol–water partition coefficient (Wildman–Crippen LogP) is 2.86. The number of halogens is 1. The van der Waals surface area contributed by atoms with Crippen LogP contribution in [0.4, 0.5) is 4.39 Å². The zero-order valence-electron chi connectivity index (χ0n) is 15.6. The number of amides is 1. The topological polar surface area (TPSA) is 81.9 Å². The zero-order chi connectivity index (χ0) is 20.1. The van der Waals surface area contributed by atoms with E-state index in [0.29, 0.717) is 28.8 Å². The molecule has 0 unspecified atom stereocenters. The summed E-state index contributed by atoms with van der Waals surface area (Å²) in [5.41, 5.74) is 1.02. The second kappa shape index (κ2) is 9.15. The molecule has 0 aliphatic carbocycles. The minimum absolute atomic E-state index is 0.0863. The number of benzene rings is 1. The van der Waals surface area contributed by atoms with Gasteiger partial charge in [-0.25, -0.2) is 4.39 Å². The quantitative estimate of drug-likeness (QED) is 0.600. The van der Waals surface area contributed by atoms with E-state index in [1.165, 1.54) is 17.8 Å². The summed E-state index contributed by atoms with van der Waals surface area (Å²) in [6.07, 6.45) is 5.37. The van der Waals surface area contributed by atoms with Gasteiger partial charge in [0.25, 0.3) is 0 Å². The average molecular weight is 413 g/mol. The van der Waals surface area contributed by atoms with Crippen LogP contribution in [0.25, 0.3) is 17.1 Å². The number of hydrogen-bond donors (Lipinski definition) is 1. The number of carbonyl (C=O) groups is 1. The normalized spacial score (nSPS) is 16.1. The Bertz CT molecular complexity index is 976. The molecule has 29 heavy (non-hydrogen) atoms. The maximum absolute atomic E-state index is 14.5. The van der Waals surface area contributed by atoms with Crippen LogP contribution in [0.5, 0.6) is 0 Å². The molecular formula is C20H20FN5O2S. The number of nitrogens with zero attached hydrogens (tertiary/aromatic N) is 4. The van der Waals surface area contributed by atoms with Crippen molar-refractivity contribution < 1.29 is 13.9 Å². The molecule has 1 aliphatic heterocycles. The molecule has 3 heterocycles. The molecule has 1 saturated heterocycles. The Balaban J connectivity index is 1.54. The van der Waals surface area contributed by atoms with Crippen LogP contribution >= 0.6 is 11.8 Å². The van der Waals surface area contributed by atoms with E-state index in [1.54, 1.807) is 41.2 Å². The molecule has 1 fully saturated rings. The third-order valence-corrected chi connectivity index (χ3v) is 5.46. The van der Waals surface area contributed by atoms with E-state index in [9.17, 15) is 9.18 Å². The van der Waals surface area contributed by atoms with Crippen molar-refractivity contribution in [3.8, 4) is 17.1 Å². The fourth-order valence-electron chi connectivity index (χ4n) is 3.11. The smallest absolute Gasteiger partial charge is 0.230 e. The molecule has 4 rings (SSSR count). The summed E-state index contributed by atoms with van der Waals surface area (Å²) in [5, 5.41) is 11.7. The number of thioether (sulfide) groups is 1. The van der Waals surface area contributed by atoms with Crippen LogP contribution in [0.2, 0.25) is 0 Å². The molecule has 150 valence electrons. The van der Waals surface area contributed by atoms with Gasteiger partial charge in [0.05, 0.1) is 17.5 Å². The highest BCUT2D eigenvalue weighted by molar-refractivity contribution is 7.99. The Morgan fingerprint density at radius 2 is 2.17 bits per heavy atom. The second-order valence-corrected chi connectivity index (χ2v) is 7.50. The lowest BCUT2D eigenvalue weighted by Gasteiger charge is -2.12. The van der Waals surface area contributed by atoms with Crippen LogP contribution in [0.15, 0.2) is 53.9 Å². The van der Waals surface area contributed by atoms with E-state index in [2.05, 4.69) is 20.5 Å². The molecule has 0 radical (unpaired) electrons. The molecule has 0 saturated carbocycles. The van der Waals surface area contributed by atoms with Crippen molar-refractivity contribution in [2.24, 2.45) is 0 Å². The monoisotopic (exact) mass is 413 g/mol. The molecule has 1 atom stereocenters. The first-order valence-electron chi connectivity index (χ1n) is 9.34. The standard InChI is InChI=1S/C20H20FN5O2S/c21-16-7-1-2-8-17(16)26-19(14-5-3-9-22-11-14)24-25-20(26)29-13-18(27)23-12-15-6-4-10-28-15/h1-3,5,7-9,11,15H,4,6,10,12-13H2,(H,23,27)/t15-/m0/s1. The summed E-state index contributed by atoms with van der Waals surface area (Å²) in [4.78, 5) is 16.3. The van der Waals surface area contributed by atoms with Crippen LogP contribution in [0, 0.1) is 5.82 Å². The molecule has 2 aromatic heterocycles. The van der Waals surface area contributed by atoms with Crippen molar-refractivity contribution >= 4 is 17.7 Å². The van der Waals surface area contributed by atoms with Gasteiger partial charge in [-0.2, -0.15) is 0 Å². The molecule has 9 heteroatoms. The second-order valence-electron chi connectivity index (χ2n) is 6.56. The minimum atomic E-state index is -0.401. The Hall–Kier alpha value is -2.78. The third kappa shape index (κ3) is 4.63. The summed E-state index contributed by atoms with van der Waals surface area (Å²) in [5.74, 6) is 0.0795. The molecule has 1 N–H and O–H groups in total. The molecule has 1 aliphatic rings. The van der Waals surface area contributed by atoms with Crippen molar-refractivity contribution in [2.45, 2.75) is 24.1 Å². The number of pyridine rings is 1. The molecule has 3 aromatic rings. The van der Waals surface area contributed by atoms with Gasteiger partial charge in [0.15, 0.2) is 11.0 Å². The highest BCUT2D eigenvalue weighted by Gasteiger charge is 2.20. The van der Waals surface area contributed by atoms with Crippen LogP contribution in [0.1, 0.15) is 12.8 Å². The first-order chi connectivity index (χ1) is 14.2. The average Bonchev–Trinajstić information content (AvgIpc) is 3.42. The maximum atomic E-state index is 14.5. The predicted molar refractivity (Wildman–Crippen MR) is 107 cm³/mol. The van der Waals surface area contributed by atoms with E-state index < -0.39 is 5.82 Å². The number of rotatable bonds is 7. The van der Waals surface area contributed by atoms with Crippen LogP contribution in [-0.2, 0) is 9.53 Å².